The van der Waals surface area contributed by atoms with Crippen LogP contribution in [0.4, 0.5) is 0 Å². The first-order valence-electron chi connectivity index (χ1n) is 21.2. The van der Waals surface area contributed by atoms with Crippen LogP contribution in [0.1, 0.15) is 27.8 Å². The molecule has 10 aromatic rings. The molecule has 0 atom stereocenters. The van der Waals surface area contributed by atoms with Crippen molar-refractivity contribution in [1.82, 2.24) is 15.0 Å². The highest BCUT2D eigenvalue weighted by Crippen LogP contribution is 2.59. The van der Waals surface area contributed by atoms with Gasteiger partial charge in [-0.3, -0.25) is 4.98 Å². The molecule has 0 spiro atoms. The molecular formula is C59H41N3. The Labute approximate surface area is 362 Å². The Morgan fingerprint density at radius 2 is 0.871 bits per heavy atom. The molecule has 0 saturated heterocycles. The van der Waals surface area contributed by atoms with E-state index in [0.29, 0.717) is 5.82 Å². The Morgan fingerprint density at radius 1 is 0.339 bits per heavy atom. The van der Waals surface area contributed by atoms with Gasteiger partial charge < -0.3 is 0 Å². The van der Waals surface area contributed by atoms with Crippen molar-refractivity contribution in [2.24, 2.45) is 0 Å². The molecule has 0 radical (unpaired) electrons. The van der Waals surface area contributed by atoms with Crippen LogP contribution in [0.2, 0.25) is 0 Å². The van der Waals surface area contributed by atoms with Crippen LogP contribution in [-0.4, -0.2) is 15.0 Å². The van der Waals surface area contributed by atoms with Crippen LogP contribution in [0.15, 0.2) is 231 Å². The predicted molar refractivity (Wildman–Crippen MR) is 254 cm³/mol. The van der Waals surface area contributed by atoms with Crippen molar-refractivity contribution in [2.45, 2.75) is 12.3 Å². The second kappa shape index (κ2) is 15.5. The molecule has 0 bridgehead atoms. The fourth-order valence-electron chi connectivity index (χ4n) is 9.48. The third kappa shape index (κ3) is 6.34. The summed E-state index contributed by atoms with van der Waals surface area (Å²) in [6.07, 6.45) is 1.89. The second-order valence-corrected chi connectivity index (χ2v) is 16.0. The lowest BCUT2D eigenvalue weighted by molar-refractivity contribution is 0.769. The number of hydrogen-bond donors (Lipinski definition) is 0. The van der Waals surface area contributed by atoms with Gasteiger partial charge in [-0.25, -0.2) is 9.97 Å². The topological polar surface area (TPSA) is 38.7 Å². The van der Waals surface area contributed by atoms with Gasteiger partial charge in [0, 0.05) is 28.5 Å². The van der Waals surface area contributed by atoms with E-state index in [-0.39, 0.29) is 0 Å². The molecule has 62 heavy (non-hydrogen) atoms. The molecule has 0 saturated carbocycles. The number of pyridine rings is 1. The molecule has 3 heteroatoms. The molecule has 3 nitrogen and oxygen atoms in total. The van der Waals surface area contributed by atoms with E-state index in [0.717, 1.165) is 50.5 Å². The molecular weight excluding hydrogens is 751 g/mol. The van der Waals surface area contributed by atoms with Crippen molar-refractivity contribution in [2.75, 3.05) is 0 Å². The highest BCUT2D eigenvalue weighted by atomic mass is 14.9. The lowest BCUT2D eigenvalue weighted by Crippen LogP contribution is -2.28. The summed E-state index contributed by atoms with van der Waals surface area (Å²) >= 11 is 0. The summed E-state index contributed by atoms with van der Waals surface area (Å²) in [4.78, 5) is 15.1. The van der Waals surface area contributed by atoms with Crippen LogP contribution in [0.5, 0.6) is 0 Å². The molecule has 2 heterocycles. The largest absolute Gasteiger partial charge is 0.256 e. The molecule has 292 valence electrons. The molecule has 0 amide bonds. The molecule has 0 aliphatic heterocycles. The van der Waals surface area contributed by atoms with E-state index in [1.807, 2.05) is 36.5 Å². The molecule has 0 unspecified atom stereocenters. The zero-order valence-corrected chi connectivity index (χ0v) is 34.3. The zero-order valence-electron chi connectivity index (χ0n) is 34.3. The van der Waals surface area contributed by atoms with Gasteiger partial charge in [0.1, 0.15) is 0 Å². The maximum Gasteiger partial charge on any atom is 0.160 e. The first kappa shape index (κ1) is 37.0. The molecule has 1 aliphatic rings. The second-order valence-electron chi connectivity index (χ2n) is 16.0. The van der Waals surface area contributed by atoms with Crippen LogP contribution >= 0.6 is 0 Å². The van der Waals surface area contributed by atoms with Gasteiger partial charge in [0.2, 0.25) is 0 Å². The van der Waals surface area contributed by atoms with Crippen LogP contribution in [0.3, 0.4) is 0 Å². The Kier molecular flexibility index (Phi) is 9.28. The molecule has 8 aromatic carbocycles. The number of hydrogen-bond acceptors (Lipinski definition) is 3. The van der Waals surface area contributed by atoms with Crippen molar-refractivity contribution in [3.8, 4) is 78.5 Å². The van der Waals surface area contributed by atoms with Gasteiger partial charge in [0.25, 0.3) is 0 Å². The predicted octanol–water partition coefficient (Wildman–Crippen LogP) is 14.5. The van der Waals surface area contributed by atoms with Gasteiger partial charge in [0.05, 0.1) is 22.5 Å². The molecule has 11 rings (SSSR count). The monoisotopic (exact) mass is 791 g/mol. The lowest BCUT2D eigenvalue weighted by Gasteiger charge is -2.34. The average molecular weight is 792 g/mol. The average Bonchev–Trinajstić information content (AvgIpc) is 3.65. The summed E-state index contributed by atoms with van der Waals surface area (Å²) in [6.45, 7) is 2.11. The standard InChI is InChI=1S/C59H41N3/c1-40-35-36-60-56(37-40)50-26-15-14-25-48(50)41-29-31-42(32-30-41)49-27-16-28-52-57(49)51-34-33-45(38-53(51)59(52,46-21-10-4-11-22-46)47-23-12-5-13-24-47)55-39-54(43-17-6-2-7-18-43)61-58(62-55)44-19-8-3-9-20-44/h2-39H,1H3. The van der Waals surface area contributed by atoms with Gasteiger partial charge in [-0.2, -0.15) is 0 Å². The van der Waals surface area contributed by atoms with E-state index in [1.54, 1.807) is 0 Å². The van der Waals surface area contributed by atoms with E-state index < -0.39 is 5.41 Å². The lowest BCUT2D eigenvalue weighted by atomic mass is 9.67. The third-order valence-corrected chi connectivity index (χ3v) is 12.3. The first-order valence-corrected chi connectivity index (χ1v) is 21.2. The maximum atomic E-state index is 5.28. The van der Waals surface area contributed by atoms with Gasteiger partial charge in [-0.15, -0.1) is 0 Å². The minimum Gasteiger partial charge on any atom is -0.256 e. The van der Waals surface area contributed by atoms with Crippen molar-refractivity contribution in [3.05, 3.63) is 258 Å². The van der Waals surface area contributed by atoms with Crippen molar-refractivity contribution in [1.29, 1.82) is 0 Å². The summed E-state index contributed by atoms with van der Waals surface area (Å²) in [5.41, 5.74) is 19.6. The smallest absolute Gasteiger partial charge is 0.160 e. The van der Waals surface area contributed by atoms with Crippen LogP contribution < -0.4 is 0 Å². The normalized spacial score (nSPS) is 12.4. The fraction of sp³-hybridized carbons (Fsp3) is 0.0339. The SMILES string of the molecule is Cc1ccnc(-c2ccccc2-c2ccc(-c3cccc4c3-c3ccc(-c5cc(-c6ccccc6)nc(-c6ccccc6)n5)cc3C4(c3ccccc3)c3ccccc3)cc2)c1. The molecule has 0 fully saturated rings. The van der Waals surface area contributed by atoms with Crippen molar-refractivity contribution < 1.29 is 0 Å². The number of aryl methyl sites for hydroxylation is 1. The molecule has 2 aromatic heterocycles. The summed E-state index contributed by atoms with van der Waals surface area (Å²) in [6, 6.07) is 80.5. The van der Waals surface area contributed by atoms with Crippen LogP contribution in [-0.2, 0) is 5.41 Å². The summed E-state index contributed by atoms with van der Waals surface area (Å²) in [7, 11) is 0. The maximum absolute atomic E-state index is 5.28. The molecule has 0 N–H and O–H groups in total. The van der Waals surface area contributed by atoms with Crippen LogP contribution in [0, 0.1) is 6.92 Å². The van der Waals surface area contributed by atoms with E-state index in [9.17, 15) is 0 Å². The minimum atomic E-state index is -0.601. The number of nitrogens with zero attached hydrogens (tertiary/aromatic N) is 3. The van der Waals surface area contributed by atoms with Gasteiger partial charge in [-0.1, -0.05) is 200 Å². The fourth-order valence-corrected chi connectivity index (χ4v) is 9.48. The Balaban J connectivity index is 1.12. The van der Waals surface area contributed by atoms with Gasteiger partial charge in [-0.05, 0) is 92.4 Å². The van der Waals surface area contributed by atoms with Gasteiger partial charge >= 0.3 is 0 Å². The number of aromatic nitrogens is 3. The van der Waals surface area contributed by atoms with Crippen LogP contribution in [0.25, 0.3) is 78.5 Å². The summed E-state index contributed by atoms with van der Waals surface area (Å²) in [5, 5.41) is 0. The van der Waals surface area contributed by atoms with Crippen molar-refractivity contribution in [3.63, 3.8) is 0 Å². The molecule has 1 aliphatic carbocycles. The first-order chi connectivity index (χ1) is 30.6. The Morgan fingerprint density at radius 3 is 1.52 bits per heavy atom. The Hall–Kier alpha value is -8.01. The zero-order chi connectivity index (χ0) is 41.5. The quantitative estimate of drug-likeness (QED) is 0.154. The third-order valence-electron chi connectivity index (χ3n) is 12.3. The van der Waals surface area contributed by atoms with Crippen molar-refractivity contribution >= 4 is 0 Å². The minimum absolute atomic E-state index is 0.601. The number of fused-ring (bicyclic) bond motifs is 3. The van der Waals surface area contributed by atoms with E-state index in [4.69, 9.17) is 15.0 Å². The van der Waals surface area contributed by atoms with E-state index >= 15 is 0 Å². The summed E-state index contributed by atoms with van der Waals surface area (Å²) in [5.74, 6) is 0.701. The Bertz CT molecular complexity index is 3120. The summed E-state index contributed by atoms with van der Waals surface area (Å²) < 4.78 is 0. The van der Waals surface area contributed by atoms with Gasteiger partial charge in [0.15, 0.2) is 5.82 Å². The van der Waals surface area contributed by atoms with E-state index in [2.05, 4.69) is 201 Å². The number of rotatable bonds is 8. The highest BCUT2D eigenvalue weighted by molar-refractivity contribution is 5.97. The number of benzene rings is 8. The highest BCUT2D eigenvalue weighted by Gasteiger charge is 2.47. The van der Waals surface area contributed by atoms with E-state index in [1.165, 1.54) is 50.1 Å².